The predicted molar refractivity (Wildman–Crippen MR) is 125 cm³/mol. The molecule has 18 N–H and O–H groups in total. The summed E-state index contributed by atoms with van der Waals surface area (Å²) in [4.78, 5) is 23.5. The molecular formula is C20H37N5O16. The Kier molecular flexibility index (Phi) is 10.5. The van der Waals surface area contributed by atoms with E-state index in [0.717, 1.165) is 0 Å². The van der Waals surface area contributed by atoms with Crippen molar-refractivity contribution in [3.05, 3.63) is 0 Å². The highest BCUT2D eigenvalue weighted by atomic mass is 16.7. The number of aliphatic carboxylic acids is 1. The zero-order valence-corrected chi connectivity index (χ0v) is 21.3. The van der Waals surface area contributed by atoms with E-state index in [-0.39, 0.29) is 0 Å². The summed E-state index contributed by atoms with van der Waals surface area (Å²) in [7, 11) is 0. The Labute approximate surface area is 231 Å². The maximum atomic E-state index is 11.9. The van der Waals surface area contributed by atoms with Crippen LogP contribution in [-0.4, -0.2) is 169 Å². The number of aliphatic hydroxyl groups excluding tert-OH is 7. The Morgan fingerprint density at radius 1 is 0.829 bits per heavy atom. The summed E-state index contributed by atoms with van der Waals surface area (Å²) >= 11 is 0. The van der Waals surface area contributed by atoms with Crippen LogP contribution in [0.25, 0.3) is 0 Å². The molecule has 21 nitrogen and oxygen atoms in total. The van der Waals surface area contributed by atoms with Gasteiger partial charge in [-0.15, -0.1) is 0 Å². The Morgan fingerprint density at radius 2 is 1.34 bits per heavy atom. The molecule has 0 aromatic carbocycles. The first-order valence-corrected chi connectivity index (χ1v) is 12.2. The van der Waals surface area contributed by atoms with E-state index in [1.807, 2.05) is 0 Å². The number of rotatable bonds is 9. The van der Waals surface area contributed by atoms with Gasteiger partial charge in [0, 0.05) is 0 Å². The lowest BCUT2D eigenvalue weighted by Crippen LogP contribution is -2.83. The minimum absolute atomic E-state index is 0.737. The zero-order valence-electron chi connectivity index (χ0n) is 21.3. The number of primary amides is 1. The molecule has 0 bridgehead atoms. The number of hydrogen-bond acceptors (Lipinski definition) is 18. The van der Waals surface area contributed by atoms with Crippen LogP contribution in [0.1, 0.15) is 0 Å². The fourth-order valence-corrected chi connectivity index (χ4v) is 4.93. The van der Waals surface area contributed by atoms with Gasteiger partial charge < -0.3 is 97.9 Å². The number of nitrogens with one attached hydrogen (secondary N) is 1. The van der Waals surface area contributed by atoms with Crippen LogP contribution in [-0.2, 0) is 28.5 Å². The van der Waals surface area contributed by atoms with Crippen LogP contribution in [0.2, 0.25) is 0 Å². The van der Waals surface area contributed by atoms with E-state index in [1.165, 1.54) is 0 Å². The van der Waals surface area contributed by atoms with Gasteiger partial charge in [0.1, 0.15) is 42.7 Å². The van der Waals surface area contributed by atoms with Crippen molar-refractivity contribution in [2.24, 2.45) is 22.9 Å². The normalized spacial score (nSPS) is 48.9. The van der Waals surface area contributed by atoms with Crippen LogP contribution in [0.4, 0.5) is 4.79 Å². The summed E-state index contributed by atoms with van der Waals surface area (Å²) in [6.45, 7) is -3.10. The van der Waals surface area contributed by atoms with Gasteiger partial charge in [0.2, 0.25) is 11.3 Å². The van der Waals surface area contributed by atoms with Gasteiger partial charge in [-0.1, -0.05) is 0 Å². The minimum atomic E-state index is -3.45. The number of hydrogen-bond donors (Lipinski definition) is 14. The molecular weight excluding hydrogens is 566 g/mol. The Morgan fingerprint density at radius 3 is 1.83 bits per heavy atom. The summed E-state index contributed by atoms with van der Waals surface area (Å²) < 4.78 is 27.3. The van der Waals surface area contributed by atoms with Gasteiger partial charge >= 0.3 is 12.0 Å². The highest BCUT2D eigenvalue weighted by Gasteiger charge is 2.69. The smallest absolute Gasteiger partial charge is 0.343 e. The van der Waals surface area contributed by atoms with Crippen molar-refractivity contribution in [3.8, 4) is 0 Å². The molecule has 2 amide bonds. The van der Waals surface area contributed by atoms with Gasteiger partial charge in [-0.2, -0.15) is 0 Å². The van der Waals surface area contributed by atoms with Crippen molar-refractivity contribution in [3.63, 3.8) is 0 Å². The number of carboxylic acids is 1. The fraction of sp³-hybridized carbons (Fsp3) is 0.900. The van der Waals surface area contributed by atoms with Crippen molar-refractivity contribution in [2.45, 2.75) is 91.0 Å². The lowest BCUT2D eigenvalue weighted by atomic mass is 9.78. The molecule has 0 aromatic heterocycles. The van der Waals surface area contributed by atoms with Gasteiger partial charge in [0.25, 0.3) is 0 Å². The molecule has 3 rings (SSSR count). The minimum Gasteiger partial charge on any atom is -0.479 e. The van der Waals surface area contributed by atoms with E-state index >= 15 is 0 Å². The summed E-state index contributed by atoms with van der Waals surface area (Å²) in [5.41, 5.74) is 16.2. The van der Waals surface area contributed by atoms with E-state index in [2.05, 4.69) is 0 Å². The predicted octanol–water partition coefficient (Wildman–Crippen LogP) is -9.22. The molecule has 0 spiro atoms. The van der Waals surface area contributed by atoms with Gasteiger partial charge in [-0.3, -0.25) is 0 Å². The van der Waals surface area contributed by atoms with Crippen molar-refractivity contribution < 1.29 is 79.2 Å². The number of nitrogens with two attached hydrogens (primary N) is 4. The Balaban J connectivity index is 1.85. The van der Waals surface area contributed by atoms with Crippen LogP contribution in [0.3, 0.4) is 0 Å². The zero-order chi connectivity index (χ0) is 31.0. The summed E-state index contributed by atoms with van der Waals surface area (Å²) in [5, 5.41) is 93.4. The van der Waals surface area contributed by atoms with Crippen molar-refractivity contribution >= 4 is 12.0 Å². The number of amides is 2. The van der Waals surface area contributed by atoms with E-state index in [9.17, 15) is 55.5 Å². The quantitative estimate of drug-likeness (QED) is 0.116. The van der Waals surface area contributed by atoms with Crippen LogP contribution in [0.5, 0.6) is 0 Å². The molecule has 0 aliphatic carbocycles. The molecule has 3 fully saturated rings. The average Bonchev–Trinajstić information content (AvgIpc) is 2.93. The second-order valence-electron chi connectivity index (χ2n) is 9.86. The fourth-order valence-electron chi connectivity index (χ4n) is 4.93. The van der Waals surface area contributed by atoms with Gasteiger partial charge in [0.05, 0.1) is 37.9 Å². The molecule has 0 saturated carbocycles. The number of urea groups is 1. The molecule has 3 heterocycles. The highest BCUT2D eigenvalue weighted by molar-refractivity contribution is 5.82. The second kappa shape index (κ2) is 12.8. The van der Waals surface area contributed by atoms with Crippen LogP contribution in [0.15, 0.2) is 0 Å². The van der Waals surface area contributed by atoms with Gasteiger partial charge in [-0.25, -0.2) is 9.59 Å². The molecule has 3 aliphatic rings. The second-order valence-corrected chi connectivity index (χ2v) is 9.86. The lowest BCUT2D eigenvalue weighted by Gasteiger charge is -2.54. The largest absolute Gasteiger partial charge is 0.479 e. The molecule has 21 heteroatoms. The highest BCUT2D eigenvalue weighted by Crippen LogP contribution is 2.38. The monoisotopic (exact) mass is 603 g/mol. The molecule has 3 saturated heterocycles. The third kappa shape index (κ3) is 5.85. The molecule has 2 unspecified atom stereocenters. The van der Waals surface area contributed by atoms with Crippen LogP contribution in [0, 0.1) is 0 Å². The van der Waals surface area contributed by atoms with Crippen LogP contribution < -0.4 is 28.3 Å². The topological polar surface area (TPSA) is 378 Å². The number of ether oxygens (including phenoxy) is 5. The maximum absolute atomic E-state index is 11.9. The Bertz CT molecular complexity index is 934. The molecule has 3 aliphatic heterocycles. The van der Waals surface area contributed by atoms with Crippen molar-refractivity contribution in [1.82, 2.24) is 5.32 Å². The van der Waals surface area contributed by atoms with E-state index in [1.54, 1.807) is 5.32 Å². The molecule has 238 valence electrons. The van der Waals surface area contributed by atoms with E-state index in [0.29, 0.717) is 0 Å². The first-order valence-electron chi connectivity index (χ1n) is 12.2. The molecule has 15 atom stereocenters. The molecule has 0 radical (unpaired) electrons. The first kappa shape index (κ1) is 33.6. The van der Waals surface area contributed by atoms with Gasteiger partial charge in [-0.05, 0) is 0 Å². The number of aliphatic hydroxyl groups is 8. The number of carbonyl (C=O) groups excluding carboxylic acids is 1. The summed E-state index contributed by atoms with van der Waals surface area (Å²) in [5.74, 6) is -2.17. The lowest BCUT2D eigenvalue weighted by molar-refractivity contribution is -0.375. The standard InChI is InChI=1S/C20H37N5O16/c21-6-9(29)11(4(1-26)37-14(6)32)39-15-7(22)10(30)12(5(2-27)38-15)40-16-8(23)13(31)20(36,17(33)34)19(3-28,41-16)25-18(24)35/h4-16,26-32,36H,1-3,21-23H2,(H,33,34)(H3,24,25,35)/t4-,5-,6-,7-,8-,9-,10-,11?,12?,13-,14-,15+,16+,19-,20-/m1/s1. The molecule has 41 heavy (non-hydrogen) atoms. The van der Waals surface area contributed by atoms with E-state index < -0.39 is 123 Å². The van der Waals surface area contributed by atoms with Crippen molar-refractivity contribution in [2.75, 3.05) is 19.8 Å². The maximum Gasteiger partial charge on any atom is 0.343 e. The third-order valence-electron chi connectivity index (χ3n) is 7.32. The summed E-state index contributed by atoms with van der Waals surface area (Å²) in [6, 6.07) is -6.31. The number of carbonyl (C=O) groups is 2. The van der Waals surface area contributed by atoms with E-state index in [4.69, 9.17) is 46.6 Å². The van der Waals surface area contributed by atoms with Gasteiger partial charge in [0.15, 0.2) is 18.9 Å². The van der Waals surface area contributed by atoms with Crippen LogP contribution >= 0.6 is 0 Å². The average molecular weight is 604 g/mol. The SMILES string of the molecule is NC(=O)N[C@]1(CO)O[C@H](OC2[C@@H](CO)O[C@@H](OC3[C@@H](CO)O[C@@H](O)[C@H](N)[C@H]3O)[C@H](N)[C@H]2O)[C@H](N)[C@@H](O)[C@@]1(O)C(=O)O. The third-order valence-corrected chi connectivity index (χ3v) is 7.32. The number of carboxylic acid groups (broad SMARTS) is 1. The first-order chi connectivity index (χ1) is 19.1. The summed E-state index contributed by atoms with van der Waals surface area (Å²) in [6.07, 6.45) is -17.1. The molecule has 0 aromatic rings. The Hall–Kier alpha value is -1.90. The van der Waals surface area contributed by atoms with Crippen molar-refractivity contribution in [1.29, 1.82) is 0 Å².